The minimum atomic E-state index is -0.461. The number of nitrogens with zero attached hydrogens (tertiary/aromatic N) is 1. The van der Waals surface area contributed by atoms with E-state index in [1.54, 1.807) is 11.3 Å². The molecule has 3 rings (SSSR count). The second-order valence-corrected chi connectivity index (χ2v) is 6.21. The maximum Gasteiger partial charge on any atom is 0.113 e. The molecular weight excluding hydrogens is 276 g/mol. The van der Waals surface area contributed by atoms with E-state index in [1.807, 2.05) is 23.7 Å². The van der Waals surface area contributed by atoms with E-state index in [-0.39, 0.29) is 0 Å². The number of aromatic nitrogens is 1. The predicted molar refractivity (Wildman–Crippen MR) is 88.3 cm³/mol. The molecule has 0 unspecified atom stereocenters. The van der Waals surface area contributed by atoms with Crippen LogP contribution in [0.5, 0.6) is 0 Å². The number of nitrogens with two attached hydrogens (primary N) is 1. The Balaban J connectivity index is 1.92. The summed E-state index contributed by atoms with van der Waals surface area (Å²) in [6.45, 7) is 0. The fourth-order valence-corrected chi connectivity index (χ4v) is 3.35. The molecule has 106 valence electrons. The molecule has 0 saturated carbocycles. The lowest BCUT2D eigenvalue weighted by atomic mass is 9.86. The lowest BCUT2D eigenvalue weighted by Crippen LogP contribution is -2.41. The highest BCUT2D eigenvalue weighted by molar-refractivity contribution is 7.09. The number of benzene rings is 2. The van der Waals surface area contributed by atoms with Crippen molar-refractivity contribution in [2.45, 2.75) is 18.4 Å². The first kappa shape index (κ1) is 14.0. The van der Waals surface area contributed by atoms with Gasteiger partial charge in [-0.25, -0.2) is 4.98 Å². The minimum Gasteiger partial charge on any atom is -0.319 e. The molecule has 0 saturated heterocycles. The van der Waals surface area contributed by atoms with Gasteiger partial charge in [-0.2, -0.15) is 0 Å². The first-order valence-electron chi connectivity index (χ1n) is 7.03. The summed E-state index contributed by atoms with van der Waals surface area (Å²) in [5.41, 5.74) is 8.80. The maximum atomic E-state index is 6.78. The van der Waals surface area contributed by atoms with E-state index >= 15 is 0 Å². The molecule has 0 spiro atoms. The third kappa shape index (κ3) is 3.38. The van der Waals surface area contributed by atoms with Crippen LogP contribution in [0.1, 0.15) is 16.1 Å². The lowest BCUT2D eigenvalue weighted by Gasteiger charge is -2.28. The van der Waals surface area contributed by atoms with Crippen LogP contribution in [-0.2, 0) is 18.4 Å². The van der Waals surface area contributed by atoms with Crippen molar-refractivity contribution < 1.29 is 0 Å². The number of hydrogen-bond acceptors (Lipinski definition) is 3. The zero-order valence-corrected chi connectivity index (χ0v) is 12.6. The molecule has 0 atom stereocenters. The standard InChI is InChI=1S/C18H18N2S/c19-18(17-20-11-12-21-17,13-15-7-3-1-4-8-15)14-16-9-5-2-6-10-16/h1-12H,13-14,19H2. The monoisotopic (exact) mass is 294 g/mol. The van der Waals surface area contributed by atoms with Crippen LogP contribution in [-0.4, -0.2) is 4.98 Å². The van der Waals surface area contributed by atoms with Crippen molar-refractivity contribution in [1.29, 1.82) is 0 Å². The minimum absolute atomic E-state index is 0.461. The first-order valence-corrected chi connectivity index (χ1v) is 7.91. The number of rotatable bonds is 5. The van der Waals surface area contributed by atoms with Crippen molar-refractivity contribution in [2.75, 3.05) is 0 Å². The summed E-state index contributed by atoms with van der Waals surface area (Å²) < 4.78 is 0. The molecule has 0 radical (unpaired) electrons. The normalized spacial score (nSPS) is 11.5. The Morgan fingerprint density at radius 2 is 1.38 bits per heavy atom. The van der Waals surface area contributed by atoms with Gasteiger partial charge in [0.2, 0.25) is 0 Å². The molecule has 0 amide bonds. The molecule has 0 bridgehead atoms. The van der Waals surface area contributed by atoms with Gasteiger partial charge >= 0.3 is 0 Å². The maximum absolute atomic E-state index is 6.78. The van der Waals surface area contributed by atoms with Crippen molar-refractivity contribution >= 4 is 11.3 Å². The van der Waals surface area contributed by atoms with E-state index in [0.717, 1.165) is 17.8 Å². The third-order valence-electron chi connectivity index (χ3n) is 3.58. The first-order chi connectivity index (χ1) is 10.3. The van der Waals surface area contributed by atoms with Gasteiger partial charge in [0.05, 0.1) is 5.54 Å². The van der Waals surface area contributed by atoms with Gasteiger partial charge in [0.1, 0.15) is 5.01 Å². The topological polar surface area (TPSA) is 38.9 Å². The molecule has 2 nitrogen and oxygen atoms in total. The third-order valence-corrected chi connectivity index (χ3v) is 4.58. The van der Waals surface area contributed by atoms with Crippen LogP contribution in [0.4, 0.5) is 0 Å². The van der Waals surface area contributed by atoms with Crippen LogP contribution in [0.2, 0.25) is 0 Å². The fourth-order valence-electron chi connectivity index (χ4n) is 2.60. The molecule has 3 aromatic rings. The molecule has 0 aliphatic heterocycles. The van der Waals surface area contributed by atoms with Gasteiger partial charge in [-0.15, -0.1) is 11.3 Å². The largest absolute Gasteiger partial charge is 0.319 e. The van der Waals surface area contributed by atoms with Crippen LogP contribution in [0.15, 0.2) is 72.2 Å². The van der Waals surface area contributed by atoms with Gasteiger partial charge in [-0.1, -0.05) is 60.7 Å². The highest BCUT2D eigenvalue weighted by Gasteiger charge is 2.30. The van der Waals surface area contributed by atoms with E-state index in [9.17, 15) is 0 Å². The zero-order chi connectivity index (χ0) is 14.5. The summed E-state index contributed by atoms with van der Waals surface area (Å²) in [6.07, 6.45) is 3.41. The van der Waals surface area contributed by atoms with E-state index in [2.05, 4.69) is 53.5 Å². The molecule has 0 fully saturated rings. The van der Waals surface area contributed by atoms with Crippen LogP contribution in [0.25, 0.3) is 0 Å². The molecule has 1 heterocycles. The van der Waals surface area contributed by atoms with Crippen molar-refractivity contribution in [3.8, 4) is 0 Å². The summed E-state index contributed by atoms with van der Waals surface area (Å²) in [5, 5.41) is 2.99. The van der Waals surface area contributed by atoms with E-state index in [1.165, 1.54) is 11.1 Å². The van der Waals surface area contributed by atoms with Crippen LogP contribution in [0.3, 0.4) is 0 Å². The predicted octanol–water partition coefficient (Wildman–Crippen LogP) is 3.78. The molecular formula is C18H18N2S. The summed E-state index contributed by atoms with van der Waals surface area (Å²) in [7, 11) is 0. The molecule has 2 aromatic carbocycles. The van der Waals surface area contributed by atoms with Crippen molar-refractivity contribution in [3.63, 3.8) is 0 Å². The highest BCUT2D eigenvalue weighted by atomic mass is 32.1. The fraction of sp³-hybridized carbons (Fsp3) is 0.167. The van der Waals surface area contributed by atoms with Gasteiger partial charge < -0.3 is 5.73 Å². The van der Waals surface area contributed by atoms with Gasteiger partial charge in [0.15, 0.2) is 0 Å². The van der Waals surface area contributed by atoms with Crippen molar-refractivity contribution in [2.24, 2.45) is 5.73 Å². The van der Waals surface area contributed by atoms with Crippen LogP contribution in [0, 0.1) is 0 Å². The molecule has 0 aliphatic carbocycles. The highest BCUT2D eigenvalue weighted by Crippen LogP contribution is 2.29. The lowest BCUT2D eigenvalue weighted by molar-refractivity contribution is 0.435. The summed E-state index contributed by atoms with van der Waals surface area (Å²) in [5.74, 6) is 0. The molecule has 2 N–H and O–H groups in total. The Morgan fingerprint density at radius 3 is 1.81 bits per heavy atom. The second kappa shape index (κ2) is 6.20. The van der Waals surface area contributed by atoms with Gasteiger partial charge in [0.25, 0.3) is 0 Å². The molecule has 0 aliphatic rings. The number of thiazole rings is 1. The van der Waals surface area contributed by atoms with Crippen LogP contribution < -0.4 is 5.73 Å². The van der Waals surface area contributed by atoms with Gasteiger partial charge in [-0.3, -0.25) is 0 Å². The SMILES string of the molecule is NC(Cc1ccccc1)(Cc1ccccc1)c1nccs1. The summed E-state index contributed by atoms with van der Waals surface area (Å²) in [6, 6.07) is 20.8. The number of hydrogen-bond donors (Lipinski definition) is 1. The van der Waals surface area contributed by atoms with Gasteiger partial charge in [0, 0.05) is 11.6 Å². The van der Waals surface area contributed by atoms with Gasteiger partial charge in [-0.05, 0) is 24.0 Å². The van der Waals surface area contributed by atoms with Crippen molar-refractivity contribution in [3.05, 3.63) is 88.4 Å². The second-order valence-electron chi connectivity index (χ2n) is 5.32. The van der Waals surface area contributed by atoms with Crippen molar-refractivity contribution in [1.82, 2.24) is 4.98 Å². The van der Waals surface area contributed by atoms with E-state index in [0.29, 0.717) is 0 Å². The zero-order valence-electron chi connectivity index (χ0n) is 11.8. The smallest absolute Gasteiger partial charge is 0.113 e. The Morgan fingerprint density at radius 1 is 0.857 bits per heavy atom. The Hall–Kier alpha value is -1.97. The molecule has 21 heavy (non-hydrogen) atoms. The Kier molecular flexibility index (Phi) is 4.13. The quantitative estimate of drug-likeness (QED) is 0.777. The Bertz CT molecular complexity index is 621. The molecule has 3 heteroatoms. The summed E-state index contributed by atoms with van der Waals surface area (Å²) >= 11 is 1.63. The van der Waals surface area contributed by atoms with E-state index in [4.69, 9.17) is 5.73 Å². The molecule has 1 aromatic heterocycles. The van der Waals surface area contributed by atoms with E-state index < -0.39 is 5.54 Å². The summed E-state index contributed by atoms with van der Waals surface area (Å²) in [4.78, 5) is 4.47. The average Bonchev–Trinajstić information content (AvgIpc) is 3.04. The van der Waals surface area contributed by atoms with Crippen LogP contribution >= 0.6 is 11.3 Å². The average molecular weight is 294 g/mol. The Labute approximate surface area is 129 Å².